The molecule has 0 aromatic heterocycles. The minimum absolute atomic E-state index is 0.179. The lowest BCUT2D eigenvalue weighted by molar-refractivity contribution is -0.137. The lowest BCUT2D eigenvalue weighted by Crippen LogP contribution is -2.02. The maximum Gasteiger partial charge on any atom is 0.330 e. The predicted molar refractivity (Wildman–Crippen MR) is 106 cm³/mol. The molecule has 0 spiro atoms. The number of carbonyl (C=O) groups excluding carboxylic acids is 1. The van der Waals surface area contributed by atoms with Crippen LogP contribution in [-0.4, -0.2) is 22.8 Å². The smallest absolute Gasteiger partial charge is 0.330 e. The molecule has 0 unspecified atom stereocenters. The predicted octanol–water partition coefficient (Wildman–Crippen LogP) is 5.97. The largest absolute Gasteiger partial charge is 0.504 e. The van der Waals surface area contributed by atoms with Crippen LogP contribution in [0.4, 0.5) is 0 Å². The average molecular weight is 363 g/mol. The van der Waals surface area contributed by atoms with Crippen molar-refractivity contribution in [1.82, 2.24) is 0 Å². The topological polar surface area (TPSA) is 66.8 Å². The molecule has 0 aliphatic carbocycles. The number of carbonyl (C=O) groups is 1. The summed E-state index contributed by atoms with van der Waals surface area (Å²) in [5, 5.41) is 18.6. The van der Waals surface area contributed by atoms with Crippen LogP contribution in [0.25, 0.3) is 6.08 Å². The summed E-state index contributed by atoms with van der Waals surface area (Å²) < 4.78 is 5.16. The van der Waals surface area contributed by atoms with Gasteiger partial charge >= 0.3 is 5.97 Å². The number of unbranched alkanes of at least 4 members (excludes halogenated alkanes) is 10. The van der Waals surface area contributed by atoms with Gasteiger partial charge in [-0.25, -0.2) is 4.79 Å². The molecule has 2 N–H and O–H groups in total. The second kappa shape index (κ2) is 14.2. The van der Waals surface area contributed by atoms with Gasteiger partial charge in [-0.2, -0.15) is 0 Å². The highest BCUT2D eigenvalue weighted by molar-refractivity contribution is 5.87. The Morgan fingerprint density at radius 2 is 1.46 bits per heavy atom. The Kier molecular flexibility index (Phi) is 12.1. The first-order valence-electron chi connectivity index (χ1n) is 10.00. The quantitative estimate of drug-likeness (QED) is 0.185. The number of esters is 1. The van der Waals surface area contributed by atoms with Crippen molar-refractivity contribution in [1.29, 1.82) is 0 Å². The molecule has 1 rings (SSSR count). The first kappa shape index (κ1) is 22.1. The van der Waals surface area contributed by atoms with Crippen LogP contribution in [0.1, 0.15) is 83.1 Å². The molecule has 0 saturated heterocycles. The Labute approximate surface area is 157 Å². The summed E-state index contributed by atoms with van der Waals surface area (Å²) in [4.78, 5) is 11.6. The van der Waals surface area contributed by atoms with E-state index < -0.39 is 0 Å². The standard InChI is InChI=1S/C22H34O4/c1-2-3-4-5-6-7-8-9-10-11-12-17-26-22(25)16-14-19-13-15-20(23)21(24)18-19/h13-16,18,23-24H,2-12,17H2,1H3. The molecule has 0 bridgehead atoms. The fourth-order valence-corrected chi connectivity index (χ4v) is 2.80. The first-order chi connectivity index (χ1) is 12.6. The van der Waals surface area contributed by atoms with Crippen LogP contribution in [-0.2, 0) is 9.53 Å². The molecule has 146 valence electrons. The van der Waals surface area contributed by atoms with Crippen molar-refractivity contribution in [2.24, 2.45) is 0 Å². The van der Waals surface area contributed by atoms with Gasteiger partial charge in [0.1, 0.15) is 0 Å². The summed E-state index contributed by atoms with van der Waals surface area (Å²) in [5.74, 6) is -0.771. The number of aromatic hydroxyl groups is 2. The van der Waals surface area contributed by atoms with E-state index in [9.17, 15) is 15.0 Å². The van der Waals surface area contributed by atoms with Gasteiger partial charge in [-0.3, -0.25) is 0 Å². The minimum Gasteiger partial charge on any atom is -0.504 e. The second-order valence-electron chi connectivity index (χ2n) is 6.78. The van der Waals surface area contributed by atoms with Crippen molar-refractivity contribution in [2.45, 2.75) is 77.6 Å². The van der Waals surface area contributed by atoms with E-state index in [0.29, 0.717) is 12.2 Å². The Morgan fingerprint density at radius 3 is 2.04 bits per heavy atom. The van der Waals surface area contributed by atoms with E-state index in [0.717, 1.165) is 12.8 Å². The fourth-order valence-electron chi connectivity index (χ4n) is 2.80. The van der Waals surface area contributed by atoms with Crippen LogP contribution in [0.3, 0.4) is 0 Å². The van der Waals surface area contributed by atoms with Crippen LogP contribution < -0.4 is 0 Å². The van der Waals surface area contributed by atoms with Crippen molar-refractivity contribution in [2.75, 3.05) is 6.61 Å². The van der Waals surface area contributed by atoms with E-state index in [-0.39, 0.29) is 17.5 Å². The molecule has 26 heavy (non-hydrogen) atoms. The summed E-state index contributed by atoms with van der Waals surface area (Å²) in [6.45, 7) is 2.69. The van der Waals surface area contributed by atoms with Crippen LogP contribution in [0.5, 0.6) is 11.5 Å². The lowest BCUT2D eigenvalue weighted by Gasteiger charge is -2.03. The number of hydrogen-bond donors (Lipinski definition) is 2. The molecule has 1 aromatic carbocycles. The van der Waals surface area contributed by atoms with Crippen molar-refractivity contribution in [3.63, 3.8) is 0 Å². The van der Waals surface area contributed by atoms with E-state index in [4.69, 9.17) is 4.74 Å². The highest BCUT2D eigenvalue weighted by atomic mass is 16.5. The molecule has 0 aliphatic rings. The zero-order valence-electron chi connectivity index (χ0n) is 16.1. The molecular formula is C22H34O4. The number of rotatable bonds is 14. The Balaban J connectivity index is 1.98. The molecule has 4 heteroatoms. The third-order valence-corrected chi connectivity index (χ3v) is 4.40. The minimum atomic E-state index is -0.385. The maximum atomic E-state index is 11.6. The second-order valence-corrected chi connectivity index (χ2v) is 6.78. The molecule has 0 radical (unpaired) electrons. The van der Waals surface area contributed by atoms with Gasteiger partial charge in [-0.15, -0.1) is 0 Å². The van der Waals surface area contributed by atoms with E-state index in [1.54, 1.807) is 12.1 Å². The Morgan fingerprint density at radius 1 is 0.885 bits per heavy atom. The third kappa shape index (κ3) is 10.8. The molecule has 4 nitrogen and oxygen atoms in total. The van der Waals surface area contributed by atoms with E-state index in [2.05, 4.69) is 6.92 Å². The number of ether oxygens (including phenoxy) is 1. The zero-order valence-corrected chi connectivity index (χ0v) is 16.1. The highest BCUT2D eigenvalue weighted by Gasteiger charge is 2.00. The summed E-state index contributed by atoms with van der Waals surface area (Å²) in [5.41, 5.74) is 0.631. The van der Waals surface area contributed by atoms with Gasteiger partial charge in [-0.1, -0.05) is 77.2 Å². The molecule has 0 fully saturated rings. The first-order valence-corrected chi connectivity index (χ1v) is 10.00. The van der Waals surface area contributed by atoms with Gasteiger partial charge in [0.15, 0.2) is 11.5 Å². The molecule has 0 heterocycles. The summed E-state index contributed by atoms with van der Waals surface area (Å²) in [7, 11) is 0. The Bertz CT molecular complexity index is 537. The molecule has 0 aliphatic heterocycles. The lowest BCUT2D eigenvalue weighted by atomic mass is 10.1. The highest BCUT2D eigenvalue weighted by Crippen LogP contribution is 2.25. The van der Waals surface area contributed by atoms with E-state index >= 15 is 0 Å². The van der Waals surface area contributed by atoms with Gasteiger partial charge in [0, 0.05) is 6.08 Å². The zero-order chi connectivity index (χ0) is 19.0. The molecule has 0 amide bonds. The number of benzene rings is 1. The van der Waals surface area contributed by atoms with Gasteiger partial charge in [0.05, 0.1) is 6.61 Å². The molecular weight excluding hydrogens is 328 g/mol. The van der Waals surface area contributed by atoms with Crippen molar-refractivity contribution < 1.29 is 19.7 Å². The van der Waals surface area contributed by atoms with Crippen LogP contribution >= 0.6 is 0 Å². The summed E-state index contributed by atoms with van der Waals surface area (Å²) in [6.07, 6.45) is 16.8. The van der Waals surface area contributed by atoms with Crippen LogP contribution in [0, 0.1) is 0 Å². The number of hydrogen-bond acceptors (Lipinski definition) is 4. The monoisotopic (exact) mass is 362 g/mol. The molecule has 0 saturated carbocycles. The van der Waals surface area contributed by atoms with Crippen molar-refractivity contribution in [3.8, 4) is 11.5 Å². The Hall–Kier alpha value is -1.97. The summed E-state index contributed by atoms with van der Waals surface area (Å²) in [6, 6.07) is 4.39. The van der Waals surface area contributed by atoms with Gasteiger partial charge in [-0.05, 0) is 30.2 Å². The van der Waals surface area contributed by atoms with E-state index in [1.165, 1.54) is 76.0 Å². The number of phenols is 2. The maximum absolute atomic E-state index is 11.6. The van der Waals surface area contributed by atoms with E-state index in [1.807, 2.05) is 0 Å². The molecule has 1 aromatic rings. The van der Waals surface area contributed by atoms with Crippen LogP contribution in [0.2, 0.25) is 0 Å². The normalized spacial score (nSPS) is 11.1. The SMILES string of the molecule is CCCCCCCCCCCCCOC(=O)C=Cc1ccc(O)c(O)c1. The average Bonchev–Trinajstić information content (AvgIpc) is 2.63. The van der Waals surface area contributed by atoms with Gasteiger partial charge in [0.25, 0.3) is 0 Å². The fraction of sp³-hybridized carbons (Fsp3) is 0.591. The van der Waals surface area contributed by atoms with Crippen LogP contribution in [0.15, 0.2) is 24.3 Å². The van der Waals surface area contributed by atoms with Crippen molar-refractivity contribution in [3.05, 3.63) is 29.8 Å². The number of phenolic OH excluding ortho intramolecular Hbond substituents is 2. The third-order valence-electron chi connectivity index (χ3n) is 4.40. The van der Waals surface area contributed by atoms with Crippen molar-refractivity contribution >= 4 is 12.0 Å². The molecule has 0 atom stereocenters. The van der Waals surface area contributed by atoms with Gasteiger partial charge < -0.3 is 14.9 Å². The summed E-state index contributed by atoms with van der Waals surface area (Å²) >= 11 is 0. The van der Waals surface area contributed by atoms with Gasteiger partial charge in [0.2, 0.25) is 0 Å².